The molecule has 7 aromatic carbocycles. The second-order valence-corrected chi connectivity index (χ2v) is 13.1. The normalized spacial score (nSPS) is 11.3. The topological polar surface area (TPSA) is 46.8 Å². The molecule has 5 nitrogen and oxygen atoms in total. The Hall–Kier alpha value is -6.85. The van der Waals surface area contributed by atoms with Crippen LogP contribution in [0.25, 0.3) is 61.7 Å². The molecule has 0 unspecified atom stereocenters. The Balaban J connectivity index is 1.29. The van der Waals surface area contributed by atoms with Crippen LogP contribution in [0.15, 0.2) is 176 Å². The van der Waals surface area contributed by atoms with Crippen molar-refractivity contribution in [3.63, 3.8) is 0 Å². The molecule has 0 N–H and O–H groups in total. The number of hydrogen-bond acceptors (Lipinski definition) is 4. The number of benzene rings is 7. The molecular weight excluding hydrogens is 635 g/mol. The number of aromatic nitrogens is 4. The maximum atomic E-state index is 5.15. The minimum atomic E-state index is 0.570. The van der Waals surface area contributed by atoms with Crippen LogP contribution in [0.5, 0.6) is 0 Å². The van der Waals surface area contributed by atoms with Gasteiger partial charge in [-0.1, -0.05) is 139 Å². The summed E-state index contributed by atoms with van der Waals surface area (Å²) in [7, 11) is 0. The first-order chi connectivity index (χ1) is 25.6. The van der Waals surface area contributed by atoms with Gasteiger partial charge >= 0.3 is 0 Å². The SMILES string of the molecule is Cc1ccc(N(c2ccc(-c3ccccc3C)cc2)c2cccc3c2c2ccccc2n3-c2nc(-c3ccccc3)nc(-c3ccccc3)n2)cc1. The van der Waals surface area contributed by atoms with Gasteiger partial charge in [0.05, 0.1) is 16.7 Å². The van der Waals surface area contributed by atoms with E-state index in [2.05, 4.69) is 139 Å². The molecule has 2 heterocycles. The molecule has 0 aliphatic carbocycles. The molecule has 248 valence electrons. The van der Waals surface area contributed by atoms with Gasteiger partial charge in [-0.15, -0.1) is 0 Å². The number of hydrogen-bond donors (Lipinski definition) is 0. The van der Waals surface area contributed by atoms with Gasteiger partial charge in [0, 0.05) is 33.3 Å². The van der Waals surface area contributed by atoms with E-state index in [1.807, 2.05) is 60.7 Å². The third kappa shape index (κ3) is 5.59. The standard InChI is InChI=1S/C47H35N5/c1-32-24-28-37(29-25-32)51(38-30-26-34(27-31-38)39-19-10-9-14-33(39)2)42-22-13-23-43-44(42)40-20-11-12-21-41(40)52(43)47-49-45(35-15-5-3-6-16-35)48-46(50-47)36-17-7-4-8-18-36/h3-31H,1-2H3. The summed E-state index contributed by atoms with van der Waals surface area (Å²) in [6.07, 6.45) is 0. The molecule has 52 heavy (non-hydrogen) atoms. The number of fused-ring (bicyclic) bond motifs is 3. The first-order valence-electron chi connectivity index (χ1n) is 17.5. The molecule has 0 saturated carbocycles. The molecule has 0 spiro atoms. The van der Waals surface area contributed by atoms with E-state index >= 15 is 0 Å². The van der Waals surface area contributed by atoms with Crippen molar-refractivity contribution in [1.82, 2.24) is 19.5 Å². The van der Waals surface area contributed by atoms with E-state index in [-0.39, 0.29) is 0 Å². The minimum Gasteiger partial charge on any atom is -0.310 e. The zero-order valence-corrected chi connectivity index (χ0v) is 29.0. The molecule has 0 radical (unpaired) electrons. The molecule has 9 aromatic rings. The van der Waals surface area contributed by atoms with E-state index in [1.54, 1.807) is 0 Å². The highest BCUT2D eigenvalue weighted by molar-refractivity contribution is 6.16. The molecule has 0 bridgehead atoms. The first-order valence-corrected chi connectivity index (χ1v) is 17.5. The monoisotopic (exact) mass is 669 g/mol. The number of nitrogens with zero attached hydrogens (tertiary/aromatic N) is 5. The van der Waals surface area contributed by atoms with Gasteiger partial charge in [-0.05, 0) is 73.0 Å². The van der Waals surface area contributed by atoms with Gasteiger partial charge < -0.3 is 4.90 Å². The Bertz CT molecular complexity index is 2620. The van der Waals surface area contributed by atoms with Gasteiger partial charge in [0.2, 0.25) is 5.95 Å². The predicted octanol–water partition coefficient (Wildman–Crippen LogP) is 12.1. The highest BCUT2D eigenvalue weighted by atomic mass is 15.2. The van der Waals surface area contributed by atoms with Crippen molar-refractivity contribution in [3.05, 3.63) is 187 Å². The fourth-order valence-electron chi connectivity index (χ4n) is 7.11. The van der Waals surface area contributed by atoms with Crippen molar-refractivity contribution < 1.29 is 0 Å². The van der Waals surface area contributed by atoms with Crippen molar-refractivity contribution in [2.75, 3.05) is 4.90 Å². The number of rotatable bonds is 7. The minimum absolute atomic E-state index is 0.570. The Kier molecular flexibility index (Phi) is 7.86. The van der Waals surface area contributed by atoms with E-state index in [9.17, 15) is 0 Å². The molecule has 5 heteroatoms. The summed E-state index contributed by atoms with van der Waals surface area (Å²) < 4.78 is 2.18. The third-order valence-corrected chi connectivity index (χ3v) is 9.68. The third-order valence-electron chi connectivity index (χ3n) is 9.68. The maximum absolute atomic E-state index is 5.15. The zero-order chi connectivity index (χ0) is 35.0. The van der Waals surface area contributed by atoms with E-state index in [1.165, 1.54) is 22.3 Å². The fourth-order valence-corrected chi connectivity index (χ4v) is 7.11. The molecular formula is C47H35N5. The van der Waals surface area contributed by atoms with Gasteiger partial charge in [0.25, 0.3) is 0 Å². The molecule has 0 saturated heterocycles. The van der Waals surface area contributed by atoms with Crippen LogP contribution < -0.4 is 4.90 Å². The van der Waals surface area contributed by atoms with Crippen LogP contribution in [0.2, 0.25) is 0 Å². The van der Waals surface area contributed by atoms with Crippen LogP contribution in [0, 0.1) is 13.8 Å². The van der Waals surface area contributed by atoms with Gasteiger partial charge in [-0.2, -0.15) is 9.97 Å². The van der Waals surface area contributed by atoms with Crippen LogP contribution >= 0.6 is 0 Å². The average Bonchev–Trinajstić information content (AvgIpc) is 3.55. The van der Waals surface area contributed by atoms with Gasteiger partial charge in [0.1, 0.15) is 0 Å². The first kappa shape index (κ1) is 31.2. The summed E-state index contributed by atoms with van der Waals surface area (Å²) in [5.41, 5.74) is 12.0. The van der Waals surface area contributed by atoms with Crippen LogP contribution in [0.3, 0.4) is 0 Å². The fraction of sp³-hybridized carbons (Fsp3) is 0.0426. The predicted molar refractivity (Wildman–Crippen MR) is 215 cm³/mol. The highest BCUT2D eigenvalue weighted by Gasteiger charge is 2.23. The summed E-state index contributed by atoms with van der Waals surface area (Å²) in [6.45, 7) is 4.29. The lowest BCUT2D eigenvalue weighted by Gasteiger charge is -2.27. The van der Waals surface area contributed by atoms with Gasteiger partial charge in [-0.3, -0.25) is 4.57 Å². The van der Waals surface area contributed by atoms with Crippen LogP contribution in [0.4, 0.5) is 17.1 Å². The summed E-state index contributed by atoms with van der Waals surface area (Å²) in [4.78, 5) is 17.6. The molecule has 0 aliphatic heterocycles. The Morgan fingerprint density at radius 1 is 0.442 bits per heavy atom. The lowest BCUT2D eigenvalue weighted by Crippen LogP contribution is -2.10. The van der Waals surface area contributed by atoms with Crippen LogP contribution in [-0.2, 0) is 0 Å². The van der Waals surface area contributed by atoms with Crippen LogP contribution in [-0.4, -0.2) is 19.5 Å². The molecule has 9 rings (SSSR count). The van der Waals surface area contributed by atoms with Crippen molar-refractivity contribution in [3.8, 4) is 39.9 Å². The van der Waals surface area contributed by atoms with Crippen molar-refractivity contribution >= 4 is 38.9 Å². The summed E-state index contributed by atoms with van der Waals surface area (Å²) >= 11 is 0. The van der Waals surface area contributed by atoms with Crippen molar-refractivity contribution in [2.24, 2.45) is 0 Å². The second-order valence-electron chi connectivity index (χ2n) is 13.1. The number of anilines is 3. The second kappa shape index (κ2) is 13.1. The maximum Gasteiger partial charge on any atom is 0.238 e. The number of para-hydroxylation sites is 1. The van der Waals surface area contributed by atoms with Crippen LogP contribution in [0.1, 0.15) is 11.1 Å². The summed E-state index contributed by atoms with van der Waals surface area (Å²) in [6, 6.07) is 61.5. The highest BCUT2D eigenvalue weighted by Crippen LogP contribution is 2.44. The molecule has 0 aliphatic rings. The lowest BCUT2D eigenvalue weighted by atomic mass is 10.00. The Morgan fingerprint density at radius 3 is 1.65 bits per heavy atom. The molecule has 0 atom stereocenters. The summed E-state index contributed by atoms with van der Waals surface area (Å²) in [5, 5.41) is 2.23. The van der Waals surface area contributed by atoms with Crippen molar-refractivity contribution in [1.29, 1.82) is 0 Å². The number of aryl methyl sites for hydroxylation is 2. The van der Waals surface area contributed by atoms with Gasteiger partial charge in [0.15, 0.2) is 11.6 Å². The van der Waals surface area contributed by atoms with E-state index < -0.39 is 0 Å². The zero-order valence-electron chi connectivity index (χ0n) is 29.0. The van der Waals surface area contributed by atoms with E-state index in [4.69, 9.17) is 15.0 Å². The van der Waals surface area contributed by atoms with E-state index in [0.29, 0.717) is 17.6 Å². The quantitative estimate of drug-likeness (QED) is 0.169. The Morgan fingerprint density at radius 2 is 1.00 bits per heavy atom. The average molecular weight is 670 g/mol. The van der Waals surface area contributed by atoms with Crippen molar-refractivity contribution in [2.45, 2.75) is 13.8 Å². The molecule has 0 fully saturated rings. The largest absolute Gasteiger partial charge is 0.310 e. The lowest BCUT2D eigenvalue weighted by molar-refractivity contribution is 0.953. The smallest absolute Gasteiger partial charge is 0.238 e. The van der Waals surface area contributed by atoms with E-state index in [0.717, 1.165) is 50.0 Å². The van der Waals surface area contributed by atoms with Gasteiger partial charge in [-0.25, -0.2) is 4.98 Å². The molecule has 2 aromatic heterocycles. The summed E-state index contributed by atoms with van der Waals surface area (Å²) in [5.74, 6) is 1.82. The Labute approximate surface area is 303 Å². The molecule has 0 amide bonds.